The van der Waals surface area contributed by atoms with Crippen LogP contribution in [-0.4, -0.2) is 30.1 Å². The number of hydrogen-bond acceptors (Lipinski definition) is 3. The van der Waals surface area contributed by atoms with Gasteiger partial charge in [0.2, 0.25) is 0 Å². The van der Waals surface area contributed by atoms with E-state index in [4.69, 9.17) is 4.74 Å². The predicted octanol–water partition coefficient (Wildman–Crippen LogP) is 2.81. The van der Waals surface area contributed by atoms with E-state index in [9.17, 15) is 14.3 Å². The molecule has 0 heterocycles. The number of aromatic hydroxyl groups is 1. The number of halogens is 1. The molecule has 21 heavy (non-hydrogen) atoms. The molecule has 5 heteroatoms. The van der Waals surface area contributed by atoms with E-state index in [2.05, 4.69) is 0 Å². The summed E-state index contributed by atoms with van der Waals surface area (Å²) in [5.41, 5.74) is 0.531. The second-order valence-corrected chi connectivity index (χ2v) is 4.64. The minimum absolute atomic E-state index is 0.113. The van der Waals surface area contributed by atoms with Crippen LogP contribution in [0.1, 0.15) is 15.9 Å². The lowest BCUT2D eigenvalue weighted by atomic mass is 10.1. The van der Waals surface area contributed by atoms with E-state index in [1.54, 1.807) is 31.3 Å². The van der Waals surface area contributed by atoms with Gasteiger partial charge in [0.15, 0.2) is 0 Å². The number of methoxy groups -OCH3 is 1. The van der Waals surface area contributed by atoms with Gasteiger partial charge >= 0.3 is 0 Å². The van der Waals surface area contributed by atoms with Crippen molar-refractivity contribution in [2.45, 2.75) is 6.54 Å². The number of rotatable bonds is 4. The van der Waals surface area contributed by atoms with Crippen LogP contribution < -0.4 is 4.74 Å². The van der Waals surface area contributed by atoms with E-state index < -0.39 is 5.91 Å². The number of carbonyl (C=O) groups is 1. The van der Waals surface area contributed by atoms with Crippen LogP contribution >= 0.6 is 0 Å². The highest BCUT2D eigenvalue weighted by Crippen LogP contribution is 2.24. The molecule has 0 bridgehead atoms. The Kier molecular flexibility index (Phi) is 4.42. The van der Waals surface area contributed by atoms with Gasteiger partial charge in [-0.2, -0.15) is 0 Å². The standard InChI is InChI=1S/C16H16FNO3/c1-18(10-11-5-3-4-6-14(11)17)16(20)13-9-12(21-2)7-8-15(13)19/h3-9,19H,10H2,1-2H3. The molecule has 0 radical (unpaired) electrons. The summed E-state index contributed by atoms with van der Waals surface area (Å²) in [5.74, 6) is -0.446. The van der Waals surface area contributed by atoms with E-state index in [-0.39, 0.29) is 23.7 Å². The Morgan fingerprint density at radius 2 is 2.00 bits per heavy atom. The number of amides is 1. The molecule has 0 aromatic heterocycles. The topological polar surface area (TPSA) is 49.8 Å². The zero-order chi connectivity index (χ0) is 15.4. The summed E-state index contributed by atoms with van der Waals surface area (Å²) in [7, 11) is 3.03. The highest BCUT2D eigenvalue weighted by Gasteiger charge is 2.18. The van der Waals surface area contributed by atoms with Crippen molar-refractivity contribution in [1.29, 1.82) is 0 Å². The molecule has 2 aromatic rings. The summed E-state index contributed by atoms with van der Waals surface area (Å²) in [6.07, 6.45) is 0. The molecule has 1 N–H and O–H groups in total. The van der Waals surface area contributed by atoms with Gasteiger partial charge < -0.3 is 14.7 Å². The van der Waals surface area contributed by atoms with Crippen LogP contribution in [0.25, 0.3) is 0 Å². The molecular weight excluding hydrogens is 273 g/mol. The number of ether oxygens (including phenoxy) is 1. The summed E-state index contributed by atoms with van der Waals surface area (Å²) in [6.45, 7) is 0.113. The number of carbonyl (C=O) groups excluding carboxylic acids is 1. The normalized spacial score (nSPS) is 10.2. The molecule has 0 fully saturated rings. The van der Waals surface area contributed by atoms with Gasteiger partial charge in [0.25, 0.3) is 5.91 Å². The van der Waals surface area contributed by atoms with Crippen LogP contribution in [0.5, 0.6) is 11.5 Å². The molecule has 0 aliphatic carbocycles. The number of phenolic OH excluding ortho intramolecular Hbond substituents is 1. The zero-order valence-corrected chi connectivity index (χ0v) is 11.8. The van der Waals surface area contributed by atoms with E-state index in [1.807, 2.05) is 0 Å². The summed E-state index contributed by atoms with van der Waals surface area (Å²) >= 11 is 0. The van der Waals surface area contributed by atoms with Crippen LogP contribution in [0, 0.1) is 5.82 Å². The van der Waals surface area contributed by atoms with E-state index >= 15 is 0 Å². The van der Waals surface area contributed by atoms with E-state index in [0.717, 1.165) is 0 Å². The van der Waals surface area contributed by atoms with Gasteiger partial charge in [0, 0.05) is 19.2 Å². The van der Waals surface area contributed by atoms with Gasteiger partial charge in [-0.05, 0) is 24.3 Å². The van der Waals surface area contributed by atoms with Gasteiger partial charge in [-0.3, -0.25) is 4.79 Å². The van der Waals surface area contributed by atoms with Crippen LogP contribution in [0.4, 0.5) is 4.39 Å². The fourth-order valence-electron chi connectivity index (χ4n) is 1.97. The van der Waals surface area contributed by atoms with Crippen molar-refractivity contribution in [1.82, 2.24) is 4.90 Å². The molecule has 0 aliphatic rings. The Bertz CT molecular complexity index is 658. The van der Waals surface area contributed by atoms with Crippen molar-refractivity contribution in [3.05, 3.63) is 59.4 Å². The molecule has 110 valence electrons. The van der Waals surface area contributed by atoms with Crippen LogP contribution in [0.2, 0.25) is 0 Å². The zero-order valence-electron chi connectivity index (χ0n) is 11.8. The second-order valence-electron chi connectivity index (χ2n) is 4.64. The smallest absolute Gasteiger partial charge is 0.257 e. The average molecular weight is 289 g/mol. The van der Waals surface area contributed by atoms with Crippen LogP contribution in [-0.2, 0) is 6.54 Å². The Hall–Kier alpha value is -2.56. The lowest BCUT2D eigenvalue weighted by molar-refractivity contribution is 0.0780. The van der Waals surface area contributed by atoms with Gasteiger partial charge in [0.05, 0.1) is 12.7 Å². The largest absolute Gasteiger partial charge is 0.507 e. The van der Waals surface area contributed by atoms with Gasteiger partial charge in [0.1, 0.15) is 17.3 Å². The quantitative estimate of drug-likeness (QED) is 0.941. The maximum Gasteiger partial charge on any atom is 0.257 e. The first-order valence-electron chi connectivity index (χ1n) is 6.39. The molecule has 0 aliphatic heterocycles. The third kappa shape index (κ3) is 3.31. The molecule has 2 aromatic carbocycles. The number of nitrogens with zero attached hydrogens (tertiary/aromatic N) is 1. The summed E-state index contributed by atoms with van der Waals surface area (Å²) in [5, 5.41) is 9.79. The van der Waals surface area contributed by atoms with Gasteiger partial charge in [-0.15, -0.1) is 0 Å². The maximum absolute atomic E-state index is 13.6. The van der Waals surface area contributed by atoms with Crippen molar-refractivity contribution in [3.8, 4) is 11.5 Å². The highest BCUT2D eigenvalue weighted by atomic mass is 19.1. The van der Waals surface area contributed by atoms with E-state index in [0.29, 0.717) is 11.3 Å². The first kappa shape index (κ1) is 14.8. The molecule has 2 rings (SSSR count). The third-order valence-corrected chi connectivity index (χ3v) is 3.15. The Labute approximate surface area is 122 Å². The van der Waals surface area contributed by atoms with Crippen LogP contribution in [0.15, 0.2) is 42.5 Å². The fraction of sp³-hybridized carbons (Fsp3) is 0.188. The third-order valence-electron chi connectivity index (χ3n) is 3.15. The summed E-state index contributed by atoms with van der Waals surface area (Å²) in [4.78, 5) is 13.7. The SMILES string of the molecule is COc1ccc(O)c(C(=O)N(C)Cc2ccccc2F)c1. The number of hydrogen-bond donors (Lipinski definition) is 1. The Morgan fingerprint density at radius 3 is 2.67 bits per heavy atom. The molecule has 0 atom stereocenters. The number of phenols is 1. The minimum atomic E-state index is -0.408. The fourth-order valence-corrected chi connectivity index (χ4v) is 1.97. The molecule has 0 saturated heterocycles. The predicted molar refractivity (Wildman–Crippen MR) is 76.9 cm³/mol. The Morgan fingerprint density at radius 1 is 1.29 bits per heavy atom. The van der Waals surface area contributed by atoms with Crippen molar-refractivity contribution in [3.63, 3.8) is 0 Å². The van der Waals surface area contributed by atoms with Crippen molar-refractivity contribution in [2.75, 3.05) is 14.2 Å². The van der Waals surface area contributed by atoms with Crippen molar-refractivity contribution in [2.24, 2.45) is 0 Å². The van der Waals surface area contributed by atoms with Gasteiger partial charge in [-0.1, -0.05) is 18.2 Å². The molecule has 0 spiro atoms. The molecule has 1 amide bonds. The highest BCUT2D eigenvalue weighted by molar-refractivity contribution is 5.97. The summed E-state index contributed by atoms with van der Waals surface area (Å²) < 4.78 is 18.6. The van der Waals surface area contributed by atoms with Crippen LogP contribution in [0.3, 0.4) is 0 Å². The Balaban J connectivity index is 2.22. The maximum atomic E-state index is 13.6. The average Bonchev–Trinajstić information content (AvgIpc) is 2.49. The van der Waals surface area contributed by atoms with Crippen molar-refractivity contribution < 1.29 is 19.0 Å². The first-order chi connectivity index (χ1) is 10.0. The van der Waals surface area contributed by atoms with E-state index in [1.165, 1.54) is 30.2 Å². The van der Waals surface area contributed by atoms with Crippen molar-refractivity contribution >= 4 is 5.91 Å². The monoisotopic (exact) mass is 289 g/mol. The summed E-state index contributed by atoms with van der Waals surface area (Å²) in [6, 6.07) is 10.7. The molecule has 0 unspecified atom stereocenters. The first-order valence-corrected chi connectivity index (χ1v) is 6.39. The van der Waals surface area contributed by atoms with Gasteiger partial charge in [-0.25, -0.2) is 4.39 Å². The molecular formula is C16H16FNO3. The number of benzene rings is 2. The lowest BCUT2D eigenvalue weighted by Crippen LogP contribution is -2.26. The molecule has 4 nitrogen and oxygen atoms in total. The molecule has 0 saturated carbocycles. The second kappa shape index (κ2) is 6.26. The minimum Gasteiger partial charge on any atom is -0.507 e. The lowest BCUT2D eigenvalue weighted by Gasteiger charge is -2.18.